The molecule has 0 saturated carbocycles. The van der Waals surface area contributed by atoms with Crippen LogP contribution in [0.1, 0.15) is 5.56 Å². The summed E-state index contributed by atoms with van der Waals surface area (Å²) >= 11 is 2.21. The third kappa shape index (κ3) is 3.96. The van der Waals surface area contributed by atoms with E-state index in [1.165, 1.54) is 4.90 Å². The molecule has 3 nitrogen and oxygen atoms in total. The molecule has 19 heavy (non-hydrogen) atoms. The van der Waals surface area contributed by atoms with Gasteiger partial charge < -0.3 is 4.74 Å². The first-order chi connectivity index (χ1) is 9.16. The smallest absolute Gasteiger partial charge is 0.414 e. The Bertz CT molecular complexity index is 557. The molecular formula is C15H14INO2. The third-order valence-corrected chi connectivity index (χ3v) is 3.35. The molecule has 0 aromatic heterocycles. The predicted molar refractivity (Wildman–Crippen MR) is 84.2 cm³/mol. The van der Waals surface area contributed by atoms with Crippen LogP contribution in [0.5, 0.6) is 0 Å². The van der Waals surface area contributed by atoms with Crippen LogP contribution in [-0.2, 0) is 11.3 Å². The average molecular weight is 367 g/mol. The van der Waals surface area contributed by atoms with Crippen LogP contribution in [-0.4, -0.2) is 13.1 Å². The molecule has 0 atom stereocenters. The molecule has 0 spiro atoms. The molecule has 2 aromatic carbocycles. The number of hydrogen-bond donors (Lipinski definition) is 0. The molecule has 0 heterocycles. The van der Waals surface area contributed by atoms with Gasteiger partial charge in [0, 0.05) is 16.3 Å². The van der Waals surface area contributed by atoms with Crippen molar-refractivity contribution < 1.29 is 9.53 Å². The summed E-state index contributed by atoms with van der Waals surface area (Å²) in [7, 11) is 1.71. The monoisotopic (exact) mass is 367 g/mol. The minimum Gasteiger partial charge on any atom is -0.444 e. The van der Waals surface area contributed by atoms with Gasteiger partial charge in [-0.1, -0.05) is 36.4 Å². The second-order valence-corrected chi connectivity index (χ2v) is 5.32. The fourth-order valence-electron chi connectivity index (χ4n) is 1.61. The van der Waals surface area contributed by atoms with Crippen LogP contribution in [0.15, 0.2) is 54.6 Å². The van der Waals surface area contributed by atoms with Crippen molar-refractivity contribution in [1.29, 1.82) is 0 Å². The van der Waals surface area contributed by atoms with Crippen LogP contribution in [0, 0.1) is 3.57 Å². The quantitative estimate of drug-likeness (QED) is 0.766. The lowest BCUT2D eigenvalue weighted by atomic mass is 10.2. The first kappa shape index (κ1) is 13.9. The zero-order valence-electron chi connectivity index (χ0n) is 10.5. The van der Waals surface area contributed by atoms with Crippen LogP contribution < -0.4 is 4.90 Å². The van der Waals surface area contributed by atoms with Crippen molar-refractivity contribution in [2.24, 2.45) is 0 Å². The highest BCUT2D eigenvalue weighted by Crippen LogP contribution is 2.17. The summed E-state index contributed by atoms with van der Waals surface area (Å²) in [5.74, 6) is 0. The number of nitrogens with zero attached hydrogens (tertiary/aromatic N) is 1. The van der Waals surface area contributed by atoms with Crippen molar-refractivity contribution in [3.05, 3.63) is 63.7 Å². The van der Waals surface area contributed by atoms with Crippen molar-refractivity contribution >= 4 is 34.4 Å². The topological polar surface area (TPSA) is 29.5 Å². The van der Waals surface area contributed by atoms with Gasteiger partial charge in [0.25, 0.3) is 0 Å². The molecular weight excluding hydrogens is 353 g/mol. The van der Waals surface area contributed by atoms with Gasteiger partial charge in [-0.25, -0.2) is 4.79 Å². The van der Waals surface area contributed by atoms with E-state index in [2.05, 4.69) is 22.6 Å². The number of ether oxygens (including phenoxy) is 1. The Balaban J connectivity index is 1.96. The van der Waals surface area contributed by atoms with E-state index in [4.69, 9.17) is 4.74 Å². The van der Waals surface area contributed by atoms with Gasteiger partial charge in [-0.05, 0) is 46.4 Å². The van der Waals surface area contributed by atoms with E-state index >= 15 is 0 Å². The highest BCUT2D eigenvalue weighted by Gasteiger charge is 2.12. The summed E-state index contributed by atoms with van der Waals surface area (Å²) in [6.07, 6.45) is -0.356. The van der Waals surface area contributed by atoms with E-state index in [1.807, 2.05) is 54.6 Å². The maximum atomic E-state index is 11.9. The maximum absolute atomic E-state index is 11.9. The Hall–Kier alpha value is -1.56. The standard InChI is InChI=1S/C15H14INO2/c1-17(14-9-5-8-13(16)10-14)15(18)19-11-12-6-3-2-4-7-12/h2-10H,11H2,1H3. The average Bonchev–Trinajstić information content (AvgIpc) is 2.45. The van der Waals surface area contributed by atoms with Crippen molar-refractivity contribution in [2.75, 3.05) is 11.9 Å². The molecule has 2 rings (SSSR count). The van der Waals surface area contributed by atoms with Crippen molar-refractivity contribution in [3.63, 3.8) is 0 Å². The molecule has 0 N–H and O–H groups in total. The number of amides is 1. The Morgan fingerprint density at radius 2 is 1.89 bits per heavy atom. The zero-order chi connectivity index (χ0) is 13.7. The summed E-state index contributed by atoms with van der Waals surface area (Å²) < 4.78 is 6.35. The summed E-state index contributed by atoms with van der Waals surface area (Å²) in [6, 6.07) is 17.3. The van der Waals surface area contributed by atoms with Crippen LogP contribution in [0.25, 0.3) is 0 Å². The lowest BCUT2D eigenvalue weighted by Crippen LogP contribution is -2.26. The highest BCUT2D eigenvalue weighted by atomic mass is 127. The molecule has 0 bridgehead atoms. The molecule has 0 aliphatic rings. The van der Waals surface area contributed by atoms with Crippen LogP contribution in [0.2, 0.25) is 0 Å². The fraction of sp³-hybridized carbons (Fsp3) is 0.133. The third-order valence-electron chi connectivity index (χ3n) is 2.67. The van der Waals surface area contributed by atoms with Gasteiger partial charge in [0.05, 0.1) is 0 Å². The fourth-order valence-corrected chi connectivity index (χ4v) is 2.13. The minimum absolute atomic E-state index is 0.286. The van der Waals surface area contributed by atoms with Gasteiger partial charge in [0.1, 0.15) is 6.61 Å². The largest absolute Gasteiger partial charge is 0.444 e. The Kier molecular flexibility index (Phi) is 4.79. The molecule has 0 saturated heterocycles. The van der Waals surface area contributed by atoms with E-state index in [-0.39, 0.29) is 12.7 Å². The number of hydrogen-bond acceptors (Lipinski definition) is 2. The van der Waals surface area contributed by atoms with E-state index in [9.17, 15) is 4.79 Å². The predicted octanol–water partition coefficient (Wildman–Crippen LogP) is 4.06. The SMILES string of the molecule is CN(C(=O)OCc1ccccc1)c1cccc(I)c1. The number of anilines is 1. The Morgan fingerprint density at radius 3 is 2.58 bits per heavy atom. The lowest BCUT2D eigenvalue weighted by Gasteiger charge is -2.17. The first-order valence-corrected chi connectivity index (χ1v) is 6.94. The van der Waals surface area contributed by atoms with Crippen molar-refractivity contribution in [2.45, 2.75) is 6.61 Å². The van der Waals surface area contributed by atoms with Crippen molar-refractivity contribution in [3.8, 4) is 0 Å². The maximum Gasteiger partial charge on any atom is 0.414 e. The number of carbonyl (C=O) groups excluding carboxylic acids is 1. The summed E-state index contributed by atoms with van der Waals surface area (Å²) in [5, 5.41) is 0. The van der Waals surface area contributed by atoms with Crippen LogP contribution >= 0.6 is 22.6 Å². The van der Waals surface area contributed by atoms with Gasteiger partial charge in [-0.2, -0.15) is 0 Å². The number of carbonyl (C=O) groups is 1. The zero-order valence-corrected chi connectivity index (χ0v) is 12.7. The molecule has 0 fully saturated rings. The molecule has 0 unspecified atom stereocenters. The molecule has 2 aromatic rings. The van der Waals surface area contributed by atoms with E-state index in [0.29, 0.717) is 0 Å². The minimum atomic E-state index is -0.356. The first-order valence-electron chi connectivity index (χ1n) is 5.87. The van der Waals surface area contributed by atoms with Crippen LogP contribution in [0.3, 0.4) is 0 Å². The highest BCUT2D eigenvalue weighted by molar-refractivity contribution is 14.1. The summed E-state index contributed by atoms with van der Waals surface area (Å²) in [6.45, 7) is 0.286. The number of benzene rings is 2. The molecule has 1 amide bonds. The molecule has 4 heteroatoms. The van der Waals surface area contributed by atoms with Crippen LogP contribution in [0.4, 0.5) is 10.5 Å². The van der Waals surface area contributed by atoms with Gasteiger partial charge in [0.2, 0.25) is 0 Å². The Morgan fingerprint density at radius 1 is 1.16 bits per heavy atom. The molecule has 98 valence electrons. The summed E-state index contributed by atoms with van der Waals surface area (Å²) in [4.78, 5) is 13.4. The van der Waals surface area contributed by atoms with E-state index in [1.54, 1.807) is 7.05 Å². The second-order valence-electron chi connectivity index (χ2n) is 4.08. The molecule has 0 aliphatic carbocycles. The van der Waals surface area contributed by atoms with Gasteiger partial charge in [-0.15, -0.1) is 0 Å². The second kappa shape index (κ2) is 6.56. The molecule has 0 aliphatic heterocycles. The summed E-state index contributed by atoms with van der Waals surface area (Å²) in [5.41, 5.74) is 1.80. The Labute approximate surface area is 126 Å². The normalized spacial score (nSPS) is 10.0. The number of rotatable bonds is 3. The van der Waals surface area contributed by atoms with E-state index in [0.717, 1.165) is 14.8 Å². The molecule has 0 radical (unpaired) electrons. The van der Waals surface area contributed by atoms with Gasteiger partial charge in [0.15, 0.2) is 0 Å². The number of halogens is 1. The van der Waals surface area contributed by atoms with Gasteiger partial charge in [-0.3, -0.25) is 4.90 Å². The lowest BCUT2D eigenvalue weighted by molar-refractivity contribution is 0.148. The van der Waals surface area contributed by atoms with E-state index < -0.39 is 0 Å². The van der Waals surface area contributed by atoms with Crippen molar-refractivity contribution in [1.82, 2.24) is 0 Å². The van der Waals surface area contributed by atoms with Gasteiger partial charge >= 0.3 is 6.09 Å².